The SMILES string of the molecule is Cc1oncc1C(=O)Nc1c(N)cccc1Cl. The molecule has 17 heavy (non-hydrogen) atoms. The van der Waals surface area contributed by atoms with Crippen molar-refractivity contribution in [2.24, 2.45) is 0 Å². The van der Waals surface area contributed by atoms with E-state index in [0.717, 1.165) is 0 Å². The Labute approximate surface area is 103 Å². The number of aryl methyl sites for hydroxylation is 1. The van der Waals surface area contributed by atoms with Crippen LogP contribution in [0.25, 0.3) is 0 Å². The minimum absolute atomic E-state index is 0.351. The number of nitrogens with two attached hydrogens (primary N) is 1. The van der Waals surface area contributed by atoms with Gasteiger partial charge in [0, 0.05) is 0 Å². The molecule has 0 unspecified atom stereocenters. The van der Waals surface area contributed by atoms with Gasteiger partial charge in [0.1, 0.15) is 11.3 Å². The summed E-state index contributed by atoms with van der Waals surface area (Å²) in [6.07, 6.45) is 1.34. The number of anilines is 2. The predicted molar refractivity (Wildman–Crippen MR) is 65.1 cm³/mol. The number of benzene rings is 1. The lowest BCUT2D eigenvalue weighted by Crippen LogP contribution is -2.13. The first-order valence-corrected chi connectivity index (χ1v) is 5.24. The second-order valence-electron chi connectivity index (χ2n) is 3.45. The summed E-state index contributed by atoms with van der Waals surface area (Å²) < 4.78 is 4.81. The summed E-state index contributed by atoms with van der Waals surface area (Å²) in [5, 5.41) is 6.54. The number of hydrogen-bond donors (Lipinski definition) is 2. The molecule has 6 heteroatoms. The normalized spacial score (nSPS) is 10.2. The van der Waals surface area contributed by atoms with Crippen LogP contribution in [-0.2, 0) is 0 Å². The molecule has 0 saturated heterocycles. The number of nitrogen functional groups attached to an aromatic ring is 1. The molecular weight excluding hydrogens is 242 g/mol. The van der Waals surface area contributed by atoms with E-state index in [1.807, 2.05) is 0 Å². The average molecular weight is 252 g/mol. The summed E-state index contributed by atoms with van der Waals surface area (Å²) >= 11 is 5.94. The van der Waals surface area contributed by atoms with Crippen molar-refractivity contribution < 1.29 is 9.32 Å². The molecule has 1 amide bonds. The number of rotatable bonds is 2. The van der Waals surface area contributed by atoms with E-state index in [9.17, 15) is 4.79 Å². The Morgan fingerprint density at radius 3 is 2.88 bits per heavy atom. The summed E-state index contributed by atoms with van der Waals surface area (Å²) in [6.45, 7) is 1.65. The van der Waals surface area contributed by atoms with Crippen LogP contribution in [0.4, 0.5) is 11.4 Å². The number of nitrogens with zero attached hydrogens (tertiary/aromatic N) is 1. The van der Waals surface area contributed by atoms with Crippen LogP contribution in [0.1, 0.15) is 16.1 Å². The van der Waals surface area contributed by atoms with Gasteiger partial charge in [0.15, 0.2) is 0 Å². The molecule has 2 aromatic rings. The van der Waals surface area contributed by atoms with Crippen molar-refractivity contribution in [3.8, 4) is 0 Å². The van der Waals surface area contributed by atoms with Crippen LogP contribution >= 0.6 is 11.6 Å². The molecule has 1 aromatic carbocycles. The molecule has 1 aromatic heterocycles. The molecule has 0 spiro atoms. The largest absolute Gasteiger partial charge is 0.397 e. The monoisotopic (exact) mass is 251 g/mol. The van der Waals surface area contributed by atoms with Crippen molar-refractivity contribution in [2.75, 3.05) is 11.1 Å². The second kappa shape index (κ2) is 4.47. The van der Waals surface area contributed by atoms with Crippen LogP contribution in [0.2, 0.25) is 5.02 Å². The Balaban J connectivity index is 2.28. The maximum Gasteiger partial charge on any atom is 0.260 e. The number of hydrogen-bond acceptors (Lipinski definition) is 4. The molecule has 5 nitrogen and oxygen atoms in total. The van der Waals surface area contributed by atoms with Crippen LogP contribution in [0.15, 0.2) is 28.9 Å². The first-order chi connectivity index (χ1) is 8.09. The number of amides is 1. The highest BCUT2D eigenvalue weighted by Gasteiger charge is 2.15. The molecule has 0 fully saturated rings. The fourth-order valence-electron chi connectivity index (χ4n) is 1.37. The van der Waals surface area contributed by atoms with Gasteiger partial charge in [-0.1, -0.05) is 22.8 Å². The summed E-state index contributed by atoms with van der Waals surface area (Å²) in [6, 6.07) is 5.01. The quantitative estimate of drug-likeness (QED) is 0.804. The molecule has 0 aliphatic rings. The van der Waals surface area contributed by atoms with Crippen LogP contribution in [0.5, 0.6) is 0 Å². The number of carbonyl (C=O) groups excluding carboxylic acids is 1. The van der Waals surface area contributed by atoms with E-state index in [2.05, 4.69) is 10.5 Å². The first kappa shape index (κ1) is 11.5. The zero-order valence-electron chi connectivity index (χ0n) is 9.03. The van der Waals surface area contributed by atoms with Gasteiger partial charge in [-0.25, -0.2) is 0 Å². The summed E-state index contributed by atoms with van der Waals surface area (Å²) in [5.41, 5.74) is 6.87. The molecule has 0 aliphatic carbocycles. The molecule has 0 aliphatic heterocycles. The van der Waals surface area contributed by atoms with E-state index in [1.165, 1.54) is 6.20 Å². The minimum atomic E-state index is -0.358. The summed E-state index contributed by atoms with van der Waals surface area (Å²) in [4.78, 5) is 11.9. The Hall–Kier alpha value is -2.01. The Morgan fingerprint density at radius 2 is 2.29 bits per heavy atom. The van der Waals surface area contributed by atoms with Crippen LogP contribution in [-0.4, -0.2) is 11.1 Å². The molecule has 3 N–H and O–H groups in total. The predicted octanol–water partition coefficient (Wildman–Crippen LogP) is 2.47. The van der Waals surface area contributed by atoms with Gasteiger partial charge in [0.25, 0.3) is 5.91 Å². The zero-order valence-corrected chi connectivity index (χ0v) is 9.78. The number of nitrogens with one attached hydrogen (secondary N) is 1. The highest BCUT2D eigenvalue weighted by molar-refractivity contribution is 6.34. The standard InChI is InChI=1S/C11H10ClN3O2/c1-6-7(5-14-17-6)11(16)15-10-8(12)3-2-4-9(10)13/h2-5H,13H2,1H3,(H,15,16). The number of carbonyl (C=O) groups is 1. The third kappa shape index (κ3) is 2.24. The number of aromatic nitrogens is 1. The van der Waals surface area contributed by atoms with Gasteiger partial charge in [-0.05, 0) is 19.1 Å². The van der Waals surface area contributed by atoms with Gasteiger partial charge >= 0.3 is 0 Å². The maximum atomic E-state index is 11.9. The van der Waals surface area contributed by atoms with E-state index in [1.54, 1.807) is 25.1 Å². The third-order valence-electron chi connectivity index (χ3n) is 2.28. The van der Waals surface area contributed by atoms with E-state index in [4.69, 9.17) is 21.9 Å². The van der Waals surface area contributed by atoms with Crippen molar-refractivity contribution >= 4 is 28.9 Å². The first-order valence-electron chi connectivity index (χ1n) is 4.86. The van der Waals surface area contributed by atoms with Gasteiger partial charge in [0.2, 0.25) is 0 Å². The highest BCUT2D eigenvalue weighted by atomic mass is 35.5. The van der Waals surface area contributed by atoms with Gasteiger partial charge in [-0.3, -0.25) is 4.79 Å². The van der Waals surface area contributed by atoms with Crippen molar-refractivity contribution in [2.45, 2.75) is 6.92 Å². The molecule has 0 atom stereocenters. The topological polar surface area (TPSA) is 81.2 Å². The van der Waals surface area contributed by atoms with Gasteiger partial charge in [-0.15, -0.1) is 0 Å². The van der Waals surface area contributed by atoms with Crippen LogP contribution < -0.4 is 11.1 Å². The molecule has 2 rings (SSSR count). The zero-order chi connectivity index (χ0) is 12.4. The Morgan fingerprint density at radius 1 is 1.53 bits per heavy atom. The molecule has 0 bridgehead atoms. The lowest BCUT2D eigenvalue weighted by atomic mass is 10.2. The van der Waals surface area contributed by atoms with Crippen molar-refractivity contribution in [1.29, 1.82) is 0 Å². The fraction of sp³-hybridized carbons (Fsp3) is 0.0909. The van der Waals surface area contributed by atoms with E-state index < -0.39 is 0 Å². The second-order valence-corrected chi connectivity index (χ2v) is 3.86. The van der Waals surface area contributed by atoms with E-state index >= 15 is 0 Å². The maximum absolute atomic E-state index is 11.9. The van der Waals surface area contributed by atoms with Crippen LogP contribution in [0, 0.1) is 6.92 Å². The highest BCUT2D eigenvalue weighted by Crippen LogP contribution is 2.28. The van der Waals surface area contributed by atoms with Gasteiger partial charge < -0.3 is 15.6 Å². The van der Waals surface area contributed by atoms with Crippen molar-refractivity contribution in [3.05, 3.63) is 40.7 Å². The van der Waals surface area contributed by atoms with E-state index in [0.29, 0.717) is 27.7 Å². The smallest absolute Gasteiger partial charge is 0.260 e. The summed E-state index contributed by atoms with van der Waals surface area (Å²) in [7, 11) is 0. The number of halogens is 1. The molecular formula is C11H10ClN3O2. The van der Waals surface area contributed by atoms with E-state index in [-0.39, 0.29) is 5.91 Å². The van der Waals surface area contributed by atoms with Gasteiger partial charge in [-0.2, -0.15) is 0 Å². The molecule has 0 saturated carbocycles. The molecule has 1 heterocycles. The molecule has 0 radical (unpaired) electrons. The summed E-state index contributed by atoms with van der Waals surface area (Å²) in [5.74, 6) is 0.0803. The lowest BCUT2D eigenvalue weighted by Gasteiger charge is -2.08. The van der Waals surface area contributed by atoms with Crippen molar-refractivity contribution in [1.82, 2.24) is 5.16 Å². The fourth-order valence-corrected chi connectivity index (χ4v) is 1.60. The van der Waals surface area contributed by atoms with Gasteiger partial charge in [0.05, 0.1) is 22.6 Å². The van der Waals surface area contributed by atoms with Crippen LogP contribution in [0.3, 0.4) is 0 Å². The molecule has 88 valence electrons. The third-order valence-corrected chi connectivity index (χ3v) is 2.59. The number of para-hydroxylation sites is 1. The minimum Gasteiger partial charge on any atom is -0.397 e. The van der Waals surface area contributed by atoms with Crippen molar-refractivity contribution in [3.63, 3.8) is 0 Å². The Bertz CT molecular complexity index is 545. The average Bonchev–Trinajstić information content (AvgIpc) is 2.70. The Kier molecular flexibility index (Phi) is 3.01. The lowest BCUT2D eigenvalue weighted by molar-refractivity contribution is 0.102.